The molecule has 1 N–H and O–H groups in total. The van der Waals surface area contributed by atoms with E-state index in [0.29, 0.717) is 30.3 Å². The van der Waals surface area contributed by atoms with Crippen LogP contribution in [0.3, 0.4) is 0 Å². The normalized spacial score (nSPS) is 17.4. The molecule has 2 heterocycles. The fourth-order valence-corrected chi connectivity index (χ4v) is 2.75. The van der Waals surface area contributed by atoms with Gasteiger partial charge >= 0.3 is 5.97 Å². The summed E-state index contributed by atoms with van der Waals surface area (Å²) >= 11 is 0. The van der Waals surface area contributed by atoms with Gasteiger partial charge in [0.05, 0.1) is 5.69 Å². The highest BCUT2D eigenvalue weighted by molar-refractivity contribution is 7.85. The van der Waals surface area contributed by atoms with Gasteiger partial charge in [0, 0.05) is 41.6 Å². The van der Waals surface area contributed by atoms with Crippen LogP contribution in [0.2, 0.25) is 0 Å². The number of anilines is 1. The number of carbonyl (C=O) groups is 1. The fraction of sp³-hybridized carbons (Fsp3) is 0.400. The summed E-state index contributed by atoms with van der Waals surface area (Å²) in [5.74, 6) is 0.157. The highest BCUT2D eigenvalue weighted by Gasteiger charge is 2.20. The molecule has 16 heavy (non-hydrogen) atoms. The Labute approximate surface area is 95.6 Å². The van der Waals surface area contributed by atoms with E-state index in [2.05, 4.69) is 4.98 Å². The molecule has 0 bridgehead atoms. The molecule has 0 spiro atoms. The number of rotatable bonds is 2. The number of pyridine rings is 1. The van der Waals surface area contributed by atoms with Gasteiger partial charge in [-0.2, -0.15) is 0 Å². The molecule has 0 aromatic carbocycles. The Bertz CT molecular complexity index is 426. The number of aromatic nitrogens is 1. The predicted molar refractivity (Wildman–Crippen MR) is 61.3 cm³/mol. The van der Waals surface area contributed by atoms with Crippen molar-refractivity contribution < 1.29 is 14.1 Å². The number of hydrogen-bond acceptors (Lipinski definition) is 4. The molecule has 0 atom stereocenters. The first-order valence-electron chi connectivity index (χ1n) is 4.96. The Morgan fingerprint density at radius 3 is 2.75 bits per heavy atom. The van der Waals surface area contributed by atoms with Crippen LogP contribution in [0.25, 0.3) is 0 Å². The Morgan fingerprint density at radius 2 is 2.12 bits per heavy atom. The summed E-state index contributed by atoms with van der Waals surface area (Å²) in [5.41, 5.74) is 0.682. The zero-order chi connectivity index (χ0) is 11.5. The lowest BCUT2D eigenvalue weighted by molar-refractivity contribution is 0.0691. The van der Waals surface area contributed by atoms with Crippen LogP contribution in [0.1, 0.15) is 10.5 Å². The van der Waals surface area contributed by atoms with Crippen LogP contribution in [-0.4, -0.2) is 44.9 Å². The molecule has 6 heteroatoms. The smallest absolute Gasteiger partial charge is 0.356 e. The molecule has 0 aliphatic carbocycles. The van der Waals surface area contributed by atoms with E-state index in [1.165, 1.54) is 6.20 Å². The maximum absolute atomic E-state index is 11.2. The minimum absolute atomic E-state index is 0.0650. The van der Waals surface area contributed by atoms with Crippen LogP contribution in [0, 0.1) is 0 Å². The molecule has 0 saturated carbocycles. The molecule has 86 valence electrons. The molecule has 0 radical (unpaired) electrons. The summed E-state index contributed by atoms with van der Waals surface area (Å²) in [6.07, 6.45) is 1.47. The third kappa shape index (κ3) is 2.21. The van der Waals surface area contributed by atoms with Gasteiger partial charge < -0.3 is 10.0 Å². The average molecular weight is 240 g/mol. The molecule has 1 aliphatic heterocycles. The SMILES string of the molecule is O=C(O)c1ncccc1N1CCS(=O)CC1. The van der Waals surface area contributed by atoms with Crippen LogP contribution < -0.4 is 4.90 Å². The number of nitrogens with zero attached hydrogens (tertiary/aromatic N) is 2. The van der Waals surface area contributed by atoms with Crippen molar-refractivity contribution in [3.63, 3.8) is 0 Å². The van der Waals surface area contributed by atoms with Crippen LogP contribution >= 0.6 is 0 Å². The molecule has 1 aliphatic rings. The molecule has 1 saturated heterocycles. The van der Waals surface area contributed by atoms with Gasteiger partial charge in [0.15, 0.2) is 5.69 Å². The van der Waals surface area contributed by atoms with Gasteiger partial charge in [-0.25, -0.2) is 9.78 Å². The van der Waals surface area contributed by atoms with Crippen LogP contribution in [-0.2, 0) is 10.8 Å². The molecular weight excluding hydrogens is 228 g/mol. The zero-order valence-corrected chi connectivity index (χ0v) is 9.44. The van der Waals surface area contributed by atoms with Crippen molar-refractivity contribution in [1.82, 2.24) is 4.98 Å². The van der Waals surface area contributed by atoms with Crippen molar-refractivity contribution >= 4 is 22.5 Å². The Kier molecular flexibility index (Phi) is 3.19. The van der Waals surface area contributed by atoms with Gasteiger partial charge in [-0.15, -0.1) is 0 Å². The molecule has 5 nitrogen and oxygen atoms in total. The maximum atomic E-state index is 11.2. The van der Waals surface area contributed by atoms with E-state index in [1.54, 1.807) is 12.1 Å². The van der Waals surface area contributed by atoms with Crippen molar-refractivity contribution in [2.45, 2.75) is 0 Å². The zero-order valence-electron chi connectivity index (χ0n) is 8.63. The summed E-state index contributed by atoms with van der Waals surface area (Å²) in [7, 11) is -0.761. The van der Waals surface area contributed by atoms with Crippen molar-refractivity contribution in [3.05, 3.63) is 24.0 Å². The first-order chi connectivity index (χ1) is 7.68. The number of carboxylic acid groups (broad SMARTS) is 1. The second kappa shape index (κ2) is 4.61. The standard InChI is InChI=1S/C10H12N2O3S/c13-10(14)9-8(2-1-3-11-9)12-4-6-16(15)7-5-12/h1-3H,4-7H2,(H,13,14). The highest BCUT2D eigenvalue weighted by Crippen LogP contribution is 2.19. The van der Waals surface area contributed by atoms with Crippen molar-refractivity contribution in [2.24, 2.45) is 0 Å². The van der Waals surface area contributed by atoms with E-state index >= 15 is 0 Å². The summed E-state index contributed by atoms with van der Waals surface area (Å²) in [4.78, 5) is 16.8. The van der Waals surface area contributed by atoms with Gasteiger partial charge in [-0.3, -0.25) is 4.21 Å². The van der Waals surface area contributed by atoms with Crippen molar-refractivity contribution in [2.75, 3.05) is 29.5 Å². The first kappa shape index (κ1) is 11.1. The molecule has 1 aromatic rings. The lowest BCUT2D eigenvalue weighted by Crippen LogP contribution is -2.38. The average Bonchev–Trinajstić information content (AvgIpc) is 2.30. The molecule has 0 unspecified atom stereocenters. The lowest BCUT2D eigenvalue weighted by Gasteiger charge is -2.28. The summed E-state index contributed by atoms with van der Waals surface area (Å²) < 4.78 is 11.2. The van der Waals surface area contributed by atoms with Gasteiger partial charge in [-0.1, -0.05) is 0 Å². The minimum atomic E-state index is -1.03. The van der Waals surface area contributed by atoms with E-state index in [0.717, 1.165) is 0 Å². The van der Waals surface area contributed by atoms with Gasteiger partial charge in [0.1, 0.15) is 0 Å². The lowest BCUT2D eigenvalue weighted by atomic mass is 10.2. The third-order valence-electron chi connectivity index (χ3n) is 2.51. The Balaban J connectivity index is 2.26. The monoisotopic (exact) mass is 240 g/mol. The Morgan fingerprint density at radius 1 is 1.44 bits per heavy atom. The number of carboxylic acids is 1. The van der Waals surface area contributed by atoms with Gasteiger partial charge in [0.2, 0.25) is 0 Å². The molecule has 1 aromatic heterocycles. The molecule has 0 amide bonds. The second-order valence-electron chi connectivity index (χ2n) is 3.51. The van der Waals surface area contributed by atoms with E-state index in [4.69, 9.17) is 5.11 Å². The maximum Gasteiger partial charge on any atom is 0.356 e. The van der Waals surface area contributed by atoms with Gasteiger partial charge in [-0.05, 0) is 12.1 Å². The second-order valence-corrected chi connectivity index (χ2v) is 5.21. The number of hydrogen-bond donors (Lipinski definition) is 1. The quantitative estimate of drug-likeness (QED) is 0.807. The van der Waals surface area contributed by atoms with Crippen molar-refractivity contribution in [3.8, 4) is 0 Å². The molecular formula is C10H12N2O3S. The fourth-order valence-electron chi connectivity index (χ4n) is 1.70. The van der Waals surface area contributed by atoms with E-state index < -0.39 is 16.8 Å². The third-order valence-corrected chi connectivity index (χ3v) is 3.78. The van der Waals surface area contributed by atoms with Crippen LogP contribution in [0.4, 0.5) is 5.69 Å². The Hall–Kier alpha value is -1.43. The predicted octanol–water partition coefficient (Wildman–Crippen LogP) is 0.349. The van der Waals surface area contributed by atoms with Gasteiger partial charge in [0.25, 0.3) is 0 Å². The van der Waals surface area contributed by atoms with E-state index in [-0.39, 0.29) is 5.69 Å². The highest BCUT2D eigenvalue weighted by atomic mass is 32.2. The molecule has 1 fully saturated rings. The van der Waals surface area contributed by atoms with Crippen molar-refractivity contribution in [1.29, 1.82) is 0 Å². The minimum Gasteiger partial charge on any atom is -0.476 e. The van der Waals surface area contributed by atoms with E-state index in [9.17, 15) is 9.00 Å². The topological polar surface area (TPSA) is 70.5 Å². The van der Waals surface area contributed by atoms with Crippen LogP contribution in [0.15, 0.2) is 18.3 Å². The first-order valence-corrected chi connectivity index (χ1v) is 6.45. The molecule has 2 rings (SSSR count). The summed E-state index contributed by atoms with van der Waals surface area (Å²) in [5, 5.41) is 9.00. The summed E-state index contributed by atoms with van der Waals surface area (Å²) in [6, 6.07) is 3.46. The number of aromatic carboxylic acids is 1. The van der Waals surface area contributed by atoms with E-state index in [1.807, 2.05) is 4.90 Å². The largest absolute Gasteiger partial charge is 0.476 e. The van der Waals surface area contributed by atoms with Crippen LogP contribution in [0.5, 0.6) is 0 Å². The summed E-state index contributed by atoms with van der Waals surface area (Å²) in [6.45, 7) is 1.25.